The summed E-state index contributed by atoms with van der Waals surface area (Å²) in [6.45, 7) is 5.04. The highest BCUT2D eigenvalue weighted by atomic mass is 16.6. The van der Waals surface area contributed by atoms with Crippen LogP contribution in [-0.4, -0.2) is 17.7 Å². The van der Waals surface area contributed by atoms with Crippen molar-refractivity contribution in [1.29, 1.82) is 0 Å². The predicted octanol–water partition coefficient (Wildman–Crippen LogP) is 3.76. The van der Waals surface area contributed by atoms with Crippen molar-refractivity contribution in [2.75, 3.05) is 0 Å². The van der Waals surface area contributed by atoms with Gasteiger partial charge in [-0.2, -0.15) is 0 Å². The molecule has 0 N–H and O–H groups in total. The van der Waals surface area contributed by atoms with E-state index < -0.39 is 22.9 Å². The second-order valence-electron chi connectivity index (χ2n) is 7.64. The summed E-state index contributed by atoms with van der Waals surface area (Å²) < 4.78 is 10.8. The third kappa shape index (κ3) is 2.96. The molecular formula is C20H24O5. The van der Waals surface area contributed by atoms with Gasteiger partial charge >= 0.3 is 11.9 Å². The number of Topliss-reactive ketones (excluding diaryl/α,β-unsaturated/α-hetero) is 1. The van der Waals surface area contributed by atoms with Gasteiger partial charge in [0.2, 0.25) is 0 Å². The van der Waals surface area contributed by atoms with Crippen molar-refractivity contribution in [2.24, 2.45) is 10.8 Å². The van der Waals surface area contributed by atoms with E-state index in [9.17, 15) is 14.4 Å². The van der Waals surface area contributed by atoms with Gasteiger partial charge in [0, 0.05) is 6.92 Å². The number of ketones is 1. The Hall–Kier alpha value is -2.17. The van der Waals surface area contributed by atoms with Crippen LogP contribution in [0.1, 0.15) is 64.5 Å². The lowest BCUT2D eigenvalue weighted by molar-refractivity contribution is -0.192. The lowest BCUT2D eigenvalue weighted by atomic mass is 9.60. The van der Waals surface area contributed by atoms with Crippen molar-refractivity contribution in [1.82, 2.24) is 0 Å². The van der Waals surface area contributed by atoms with E-state index in [1.165, 1.54) is 6.92 Å². The normalized spacial score (nSPS) is 24.7. The van der Waals surface area contributed by atoms with Crippen LogP contribution in [0.5, 0.6) is 5.75 Å². The molecule has 1 atom stereocenters. The first-order valence-corrected chi connectivity index (χ1v) is 8.82. The molecule has 134 valence electrons. The van der Waals surface area contributed by atoms with Crippen LogP contribution in [0.2, 0.25) is 0 Å². The first-order valence-electron chi connectivity index (χ1n) is 8.82. The summed E-state index contributed by atoms with van der Waals surface area (Å²) in [6, 6.07) is 6.78. The van der Waals surface area contributed by atoms with Crippen LogP contribution >= 0.6 is 0 Å². The molecule has 3 rings (SSSR count). The van der Waals surface area contributed by atoms with Gasteiger partial charge in [0.1, 0.15) is 17.3 Å². The summed E-state index contributed by atoms with van der Waals surface area (Å²) in [4.78, 5) is 37.0. The van der Waals surface area contributed by atoms with Gasteiger partial charge in [-0.05, 0) is 44.4 Å². The molecule has 1 aromatic carbocycles. The number of cyclic esters (lactones) is 1. The number of carbonyl (C=O) groups is 3. The van der Waals surface area contributed by atoms with Gasteiger partial charge < -0.3 is 9.47 Å². The topological polar surface area (TPSA) is 69.7 Å². The Morgan fingerprint density at radius 2 is 1.68 bits per heavy atom. The number of ether oxygens (including phenoxy) is 2. The number of rotatable bonds is 2. The van der Waals surface area contributed by atoms with Crippen LogP contribution in [0.3, 0.4) is 0 Å². The first-order chi connectivity index (χ1) is 11.8. The molecule has 0 bridgehead atoms. The zero-order chi connectivity index (χ0) is 18.2. The molecule has 5 heteroatoms. The van der Waals surface area contributed by atoms with E-state index >= 15 is 0 Å². The summed E-state index contributed by atoms with van der Waals surface area (Å²) >= 11 is 0. The standard InChI is InChI=1S/C20H24O5/c1-13(21)24-15-9-7-14(8-10-15)16-19(2,3)17(22)20(18(23)25-16)11-5-4-6-12-20/h7-10,16H,4-6,11-12H2,1-3H3/t16-/m1/s1. The maximum atomic E-state index is 13.3. The zero-order valence-corrected chi connectivity index (χ0v) is 15.0. The van der Waals surface area contributed by atoms with Gasteiger partial charge in [-0.15, -0.1) is 0 Å². The maximum Gasteiger partial charge on any atom is 0.320 e. The summed E-state index contributed by atoms with van der Waals surface area (Å²) in [5, 5.41) is 0. The minimum absolute atomic E-state index is 0.00925. The number of hydrogen-bond donors (Lipinski definition) is 0. The Bertz CT molecular complexity index is 695. The molecule has 2 aliphatic rings. The van der Waals surface area contributed by atoms with E-state index in [1.54, 1.807) is 24.3 Å². The van der Waals surface area contributed by atoms with Gasteiger partial charge in [-0.3, -0.25) is 14.4 Å². The number of hydrogen-bond acceptors (Lipinski definition) is 5. The smallest absolute Gasteiger partial charge is 0.320 e. The Kier molecular flexibility index (Phi) is 4.43. The Balaban J connectivity index is 1.89. The third-order valence-corrected chi connectivity index (χ3v) is 5.44. The monoisotopic (exact) mass is 344 g/mol. The fourth-order valence-corrected chi connectivity index (χ4v) is 4.14. The molecule has 2 fully saturated rings. The number of esters is 2. The molecule has 1 saturated heterocycles. The van der Waals surface area contributed by atoms with Gasteiger partial charge in [0.05, 0.1) is 5.41 Å². The van der Waals surface area contributed by atoms with Crippen molar-refractivity contribution in [3.05, 3.63) is 29.8 Å². The van der Waals surface area contributed by atoms with Gasteiger partial charge in [0.15, 0.2) is 5.78 Å². The van der Waals surface area contributed by atoms with Gasteiger partial charge in [-0.25, -0.2) is 0 Å². The molecule has 0 unspecified atom stereocenters. The Morgan fingerprint density at radius 3 is 2.24 bits per heavy atom. The molecule has 1 aliphatic heterocycles. The molecule has 1 aromatic rings. The van der Waals surface area contributed by atoms with E-state index in [0.717, 1.165) is 24.8 Å². The highest BCUT2D eigenvalue weighted by Gasteiger charge is 2.60. The molecule has 5 nitrogen and oxygen atoms in total. The largest absolute Gasteiger partial charge is 0.456 e. The van der Waals surface area contributed by atoms with Crippen molar-refractivity contribution >= 4 is 17.7 Å². The zero-order valence-electron chi connectivity index (χ0n) is 15.0. The van der Waals surface area contributed by atoms with E-state index in [-0.39, 0.29) is 11.8 Å². The van der Waals surface area contributed by atoms with Crippen LogP contribution in [-0.2, 0) is 19.1 Å². The first kappa shape index (κ1) is 17.6. The molecule has 1 heterocycles. The predicted molar refractivity (Wildman–Crippen MR) is 90.9 cm³/mol. The fourth-order valence-electron chi connectivity index (χ4n) is 4.14. The Labute approximate surface area is 147 Å². The quantitative estimate of drug-likeness (QED) is 0.464. The van der Waals surface area contributed by atoms with Crippen LogP contribution in [0.15, 0.2) is 24.3 Å². The van der Waals surface area contributed by atoms with Gasteiger partial charge in [0.25, 0.3) is 0 Å². The van der Waals surface area contributed by atoms with Crippen LogP contribution in [0.4, 0.5) is 0 Å². The molecular weight excluding hydrogens is 320 g/mol. The molecule has 25 heavy (non-hydrogen) atoms. The minimum atomic E-state index is -0.962. The molecule has 1 spiro atoms. The summed E-state index contributed by atoms with van der Waals surface area (Å²) in [6.07, 6.45) is 3.38. The van der Waals surface area contributed by atoms with Crippen LogP contribution in [0, 0.1) is 10.8 Å². The van der Waals surface area contributed by atoms with E-state index in [2.05, 4.69) is 0 Å². The van der Waals surface area contributed by atoms with Crippen LogP contribution in [0.25, 0.3) is 0 Å². The SMILES string of the molecule is CC(=O)Oc1ccc([C@H]2OC(=O)C3(CCCCC3)C(=O)C2(C)C)cc1. The lowest BCUT2D eigenvalue weighted by Crippen LogP contribution is -2.55. The van der Waals surface area contributed by atoms with E-state index in [0.29, 0.717) is 18.6 Å². The minimum Gasteiger partial charge on any atom is -0.456 e. The molecule has 1 saturated carbocycles. The van der Waals surface area contributed by atoms with Crippen molar-refractivity contribution in [3.8, 4) is 5.75 Å². The van der Waals surface area contributed by atoms with Crippen LogP contribution < -0.4 is 4.74 Å². The molecule has 1 aliphatic carbocycles. The molecule has 0 radical (unpaired) electrons. The second-order valence-corrected chi connectivity index (χ2v) is 7.64. The lowest BCUT2D eigenvalue weighted by Gasteiger charge is -2.47. The molecule has 0 aromatic heterocycles. The average Bonchev–Trinajstić information content (AvgIpc) is 2.58. The van der Waals surface area contributed by atoms with E-state index in [4.69, 9.17) is 9.47 Å². The fraction of sp³-hybridized carbons (Fsp3) is 0.550. The second kappa shape index (κ2) is 6.28. The van der Waals surface area contributed by atoms with Crippen molar-refractivity contribution < 1.29 is 23.9 Å². The summed E-state index contributed by atoms with van der Waals surface area (Å²) in [5.74, 6) is -0.367. The molecule has 0 amide bonds. The van der Waals surface area contributed by atoms with Crippen molar-refractivity contribution in [2.45, 2.75) is 59.0 Å². The number of carbonyl (C=O) groups excluding carboxylic acids is 3. The highest BCUT2D eigenvalue weighted by Crippen LogP contribution is 2.53. The third-order valence-electron chi connectivity index (χ3n) is 5.44. The van der Waals surface area contributed by atoms with Gasteiger partial charge in [-0.1, -0.05) is 31.4 Å². The van der Waals surface area contributed by atoms with Crippen molar-refractivity contribution in [3.63, 3.8) is 0 Å². The average molecular weight is 344 g/mol. The number of benzene rings is 1. The Morgan fingerprint density at radius 1 is 1.08 bits per heavy atom. The summed E-state index contributed by atoms with van der Waals surface area (Å²) in [5.41, 5.74) is -1.03. The summed E-state index contributed by atoms with van der Waals surface area (Å²) in [7, 11) is 0. The van der Waals surface area contributed by atoms with E-state index in [1.807, 2.05) is 13.8 Å². The maximum absolute atomic E-state index is 13.3. The highest BCUT2D eigenvalue weighted by molar-refractivity contribution is 6.08.